The third kappa shape index (κ3) is 3.96. The Bertz CT molecular complexity index is 365. The molecule has 1 aliphatic rings. The molecule has 6 heteroatoms. The first-order chi connectivity index (χ1) is 7.84. The molecule has 0 aliphatic carbocycles. The molecular weight excluding hydrogens is 238 g/mol. The maximum atomic E-state index is 12.2. The van der Waals surface area contributed by atoms with Crippen molar-refractivity contribution in [1.29, 1.82) is 5.41 Å². The Balaban J connectivity index is 2.76. The van der Waals surface area contributed by atoms with Crippen molar-refractivity contribution in [1.82, 2.24) is 4.31 Å². The summed E-state index contributed by atoms with van der Waals surface area (Å²) in [5, 5.41) is 7.49. The van der Waals surface area contributed by atoms with Crippen LogP contribution >= 0.6 is 0 Å². The van der Waals surface area contributed by atoms with Gasteiger partial charge in [0, 0.05) is 6.54 Å². The van der Waals surface area contributed by atoms with Crippen LogP contribution in [0.3, 0.4) is 0 Å². The fourth-order valence-electron chi connectivity index (χ4n) is 2.05. The van der Waals surface area contributed by atoms with Gasteiger partial charge in [0.05, 0.1) is 11.8 Å². The summed E-state index contributed by atoms with van der Waals surface area (Å²) in [5.74, 6) is 0.497. The molecule has 1 fully saturated rings. The summed E-state index contributed by atoms with van der Waals surface area (Å²) >= 11 is 0. The average molecular weight is 261 g/mol. The van der Waals surface area contributed by atoms with Gasteiger partial charge < -0.3 is 5.73 Å². The highest BCUT2D eigenvalue weighted by molar-refractivity contribution is 7.89. The van der Waals surface area contributed by atoms with Crippen LogP contribution in [-0.4, -0.2) is 36.9 Å². The van der Waals surface area contributed by atoms with Gasteiger partial charge in [-0.3, -0.25) is 5.41 Å². The summed E-state index contributed by atoms with van der Waals surface area (Å²) in [6.45, 7) is 4.52. The molecular formula is C11H23N3O2S. The van der Waals surface area contributed by atoms with E-state index < -0.39 is 16.1 Å². The summed E-state index contributed by atoms with van der Waals surface area (Å²) in [4.78, 5) is 0. The molecule has 1 atom stereocenters. The molecule has 3 N–H and O–H groups in total. The fourth-order valence-corrected chi connectivity index (χ4v) is 4.07. The Morgan fingerprint density at radius 1 is 1.47 bits per heavy atom. The van der Waals surface area contributed by atoms with Gasteiger partial charge in [-0.05, 0) is 25.2 Å². The van der Waals surface area contributed by atoms with Gasteiger partial charge >= 0.3 is 0 Å². The van der Waals surface area contributed by atoms with Crippen molar-refractivity contribution in [2.75, 3.05) is 12.3 Å². The van der Waals surface area contributed by atoms with Crippen LogP contribution in [0, 0.1) is 11.3 Å². The molecule has 1 heterocycles. The molecule has 0 aromatic carbocycles. The first-order valence-corrected chi connectivity index (χ1v) is 7.79. The van der Waals surface area contributed by atoms with Gasteiger partial charge in [-0.25, -0.2) is 8.42 Å². The van der Waals surface area contributed by atoms with E-state index in [0.717, 1.165) is 12.8 Å². The second kappa shape index (κ2) is 5.82. The van der Waals surface area contributed by atoms with Crippen LogP contribution in [0.1, 0.15) is 39.5 Å². The van der Waals surface area contributed by atoms with E-state index in [2.05, 4.69) is 0 Å². The van der Waals surface area contributed by atoms with Gasteiger partial charge in [0.15, 0.2) is 0 Å². The Hall–Kier alpha value is -0.620. The standard InChI is InChI=1S/C11H23N3O2S/c1-9(2)6-8-17(15,16)14-7-4-3-5-10(14)11(12)13/h9-10H,3-8H2,1-2H3,(H3,12,13). The van der Waals surface area contributed by atoms with Gasteiger partial charge in [-0.1, -0.05) is 20.3 Å². The molecule has 0 aromatic heterocycles. The Morgan fingerprint density at radius 3 is 2.65 bits per heavy atom. The van der Waals surface area contributed by atoms with E-state index in [1.54, 1.807) is 0 Å². The van der Waals surface area contributed by atoms with E-state index in [-0.39, 0.29) is 11.6 Å². The number of hydrogen-bond donors (Lipinski definition) is 2. The van der Waals surface area contributed by atoms with Crippen molar-refractivity contribution in [2.45, 2.75) is 45.6 Å². The highest BCUT2D eigenvalue weighted by Crippen LogP contribution is 2.21. The highest BCUT2D eigenvalue weighted by atomic mass is 32.2. The zero-order chi connectivity index (χ0) is 13.1. The van der Waals surface area contributed by atoms with Crippen molar-refractivity contribution in [2.24, 2.45) is 11.7 Å². The van der Waals surface area contributed by atoms with E-state index in [1.165, 1.54) is 4.31 Å². The van der Waals surface area contributed by atoms with Crippen molar-refractivity contribution in [3.63, 3.8) is 0 Å². The van der Waals surface area contributed by atoms with E-state index >= 15 is 0 Å². The van der Waals surface area contributed by atoms with Crippen LogP contribution in [-0.2, 0) is 10.0 Å². The molecule has 0 spiro atoms. The number of amidine groups is 1. The summed E-state index contributed by atoms with van der Waals surface area (Å²) in [7, 11) is -3.26. The zero-order valence-corrected chi connectivity index (χ0v) is 11.5. The van der Waals surface area contributed by atoms with E-state index in [4.69, 9.17) is 11.1 Å². The maximum Gasteiger partial charge on any atom is 0.214 e. The van der Waals surface area contributed by atoms with Gasteiger partial charge in [-0.15, -0.1) is 0 Å². The minimum atomic E-state index is -3.26. The van der Waals surface area contributed by atoms with Crippen LogP contribution < -0.4 is 5.73 Å². The van der Waals surface area contributed by atoms with Crippen LogP contribution in [0.25, 0.3) is 0 Å². The summed E-state index contributed by atoms with van der Waals surface area (Å²) in [6, 6.07) is -0.416. The Morgan fingerprint density at radius 2 is 2.12 bits per heavy atom. The normalized spacial score (nSPS) is 22.9. The molecule has 1 saturated heterocycles. The van der Waals surface area contributed by atoms with Crippen LogP contribution in [0.4, 0.5) is 0 Å². The number of sulfonamides is 1. The number of nitrogens with two attached hydrogens (primary N) is 1. The van der Waals surface area contributed by atoms with Gasteiger partial charge in [-0.2, -0.15) is 4.31 Å². The largest absolute Gasteiger partial charge is 0.386 e. The van der Waals surface area contributed by atoms with Crippen molar-refractivity contribution in [3.8, 4) is 0 Å². The number of nitrogens with zero attached hydrogens (tertiary/aromatic N) is 1. The summed E-state index contributed by atoms with van der Waals surface area (Å²) in [6.07, 6.45) is 3.14. The molecule has 0 radical (unpaired) electrons. The third-order valence-corrected chi connectivity index (χ3v) is 5.03. The third-order valence-electron chi connectivity index (χ3n) is 3.12. The number of nitrogens with one attached hydrogen (secondary N) is 1. The lowest BCUT2D eigenvalue weighted by Crippen LogP contribution is -2.50. The summed E-state index contributed by atoms with van der Waals surface area (Å²) in [5.41, 5.74) is 5.49. The Kier molecular flexibility index (Phi) is 4.94. The minimum absolute atomic E-state index is 0.0298. The zero-order valence-electron chi connectivity index (χ0n) is 10.6. The SMILES string of the molecule is CC(C)CCS(=O)(=O)N1CCCCC1C(=N)N. The molecule has 1 rings (SSSR count). The molecule has 5 nitrogen and oxygen atoms in total. The maximum absolute atomic E-state index is 12.2. The predicted molar refractivity (Wildman–Crippen MR) is 69.5 cm³/mol. The van der Waals surface area contributed by atoms with Gasteiger partial charge in [0.1, 0.15) is 5.84 Å². The number of hydrogen-bond acceptors (Lipinski definition) is 3. The number of rotatable bonds is 5. The molecule has 0 saturated carbocycles. The lowest BCUT2D eigenvalue weighted by Gasteiger charge is -2.34. The van der Waals surface area contributed by atoms with Crippen LogP contribution in [0.2, 0.25) is 0 Å². The quantitative estimate of drug-likeness (QED) is 0.575. The van der Waals surface area contributed by atoms with Crippen LogP contribution in [0.5, 0.6) is 0 Å². The summed E-state index contributed by atoms with van der Waals surface area (Å²) < 4.78 is 25.8. The highest BCUT2D eigenvalue weighted by Gasteiger charge is 2.33. The fraction of sp³-hybridized carbons (Fsp3) is 0.909. The van der Waals surface area contributed by atoms with Crippen molar-refractivity contribution < 1.29 is 8.42 Å². The van der Waals surface area contributed by atoms with Crippen LogP contribution in [0.15, 0.2) is 0 Å². The average Bonchev–Trinajstić information content (AvgIpc) is 2.26. The van der Waals surface area contributed by atoms with Gasteiger partial charge in [0.25, 0.3) is 0 Å². The first kappa shape index (κ1) is 14.4. The smallest absolute Gasteiger partial charge is 0.214 e. The molecule has 0 amide bonds. The molecule has 1 unspecified atom stereocenters. The Labute approximate surface area is 104 Å². The second-order valence-corrected chi connectivity index (χ2v) is 7.12. The van der Waals surface area contributed by atoms with Crippen molar-refractivity contribution >= 4 is 15.9 Å². The lowest BCUT2D eigenvalue weighted by molar-refractivity contribution is 0.303. The van der Waals surface area contributed by atoms with E-state index in [9.17, 15) is 8.42 Å². The second-order valence-electron chi connectivity index (χ2n) is 5.08. The molecule has 17 heavy (non-hydrogen) atoms. The molecule has 100 valence electrons. The first-order valence-electron chi connectivity index (χ1n) is 6.18. The lowest BCUT2D eigenvalue weighted by atomic mass is 10.0. The molecule has 0 aromatic rings. The van der Waals surface area contributed by atoms with E-state index in [0.29, 0.717) is 25.3 Å². The molecule has 0 bridgehead atoms. The molecule has 1 aliphatic heterocycles. The van der Waals surface area contributed by atoms with Crippen molar-refractivity contribution in [3.05, 3.63) is 0 Å². The minimum Gasteiger partial charge on any atom is -0.386 e. The van der Waals surface area contributed by atoms with Gasteiger partial charge in [0.2, 0.25) is 10.0 Å². The topological polar surface area (TPSA) is 87.2 Å². The number of piperidine rings is 1. The predicted octanol–water partition coefficient (Wildman–Crippen LogP) is 1.15. The van der Waals surface area contributed by atoms with E-state index in [1.807, 2.05) is 13.8 Å². The monoisotopic (exact) mass is 261 g/mol.